The van der Waals surface area contributed by atoms with Crippen LogP contribution in [0.5, 0.6) is 0 Å². The molecule has 1 aromatic heterocycles. The van der Waals surface area contributed by atoms with Gasteiger partial charge in [0.05, 0.1) is 12.0 Å². The molecule has 3 fully saturated rings. The Labute approximate surface area is 197 Å². The maximum Gasteiger partial charge on any atom is 0.261 e. The zero-order valence-electron chi connectivity index (χ0n) is 18.6. The fourth-order valence-electron chi connectivity index (χ4n) is 5.01. The second kappa shape index (κ2) is 9.34. The van der Waals surface area contributed by atoms with Crippen LogP contribution in [0.3, 0.4) is 0 Å². The SMILES string of the molecule is CN1C(=O)C2ON(CC(=O)NC3CCN(Cc4ccccc4)CC3)C(c3cccs3)C2C1=O. The van der Waals surface area contributed by atoms with Crippen molar-refractivity contribution >= 4 is 29.1 Å². The third kappa shape index (κ3) is 4.46. The standard InChI is InChI=1S/C24H28N4O4S/c1-26-23(30)20-21(18-8-5-13-33-18)28(32-22(20)24(26)31)15-19(29)25-17-9-11-27(12-10-17)14-16-6-3-2-4-7-16/h2-8,13,17,20-22H,9-12,14-15H2,1H3,(H,25,29). The summed E-state index contributed by atoms with van der Waals surface area (Å²) in [5, 5.41) is 6.59. The fourth-order valence-corrected chi connectivity index (χ4v) is 5.89. The number of carbonyl (C=O) groups excluding carboxylic acids is 3. The Morgan fingerprint density at radius 2 is 1.85 bits per heavy atom. The van der Waals surface area contributed by atoms with Gasteiger partial charge in [-0.05, 0) is 29.9 Å². The number of likely N-dealkylation sites (tertiary alicyclic amines) is 2. The summed E-state index contributed by atoms with van der Waals surface area (Å²) in [6, 6.07) is 13.9. The van der Waals surface area contributed by atoms with E-state index in [9.17, 15) is 14.4 Å². The monoisotopic (exact) mass is 468 g/mol. The topological polar surface area (TPSA) is 82.2 Å². The first-order chi connectivity index (χ1) is 16.0. The lowest BCUT2D eigenvalue weighted by Crippen LogP contribution is -2.47. The highest BCUT2D eigenvalue weighted by molar-refractivity contribution is 7.10. The number of rotatable bonds is 6. The first-order valence-electron chi connectivity index (χ1n) is 11.3. The molecular formula is C24H28N4O4S. The largest absolute Gasteiger partial charge is 0.352 e. The van der Waals surface area contributed by atoms with Crippen molar-refractivity contribution < 1.29 is 19.2 Å². The van der Waals surface area contributed by atoms with E-state index in [1.165, 1.54) is 29.0 Å². The molecule has 1 aromatic carbocycles. The summed E-state index contributed by atoms with van der Waals surface area (Å²) in [6.07, 6.45) is 0.922. The van der Waals surface area contributed by atoms with Crippen LogP contribution in [0.1, 0.15) is 29.3 Å². The van der Waals surface area contributed by atoms with Gasteiger partial charge >= 0.3 is 0 Å². The van der Waals surface area contributed by atoms with E-state index >= 15 is 0 Å². The summed E-state index contributed by atoms with van der Waals surface area (Å²) < 4.78 is 0. The number of benzene rings is 1. The van der Waals surface area contributed by atoms with E-state index in [2.05, 4.69) is 34.5 Å². The molecule has 0 radical (unpaired) electrons. The molecule has 3 saturated heterocycles. The zero-order chi connectivity index (χ0) is 22.9. The molecule has 3 atom stereocenters. The van der Waals surface area contributed by atoms with Gasteiger partial charge in [-0.25, -0.2) is 0 Å². The minimum absolute atomic E-state index is 0.00985. The van der Waals surface area contributed by atoms with E-state index in [0.29, 0.717) is 0 Å². The van der Waals surface area contributed by atoms with E-state index in [1.807, 2.05) is 23.6 Å². The molecule has 3 unspecified atom stereocenters. The van der Waals surface area contributed by atoms with Crippen LogP contribution >= 0.6 is 11.3 Å². The van der Waals surface area contributed by atoms with Gasteiger partial charge in [0.1, 0.15) is 6.54 Å². The quantitative estimate of drug-likeness (QED) is 0.651. The number of nitrogens with one attached hydrogen (secondary N) is 1. The molecule has 4 heterocycles. The lowest BCUT2D eigenvalue weighted by atomic mass is 9.95. The smallest absolute Gasteiger partial charge is 0.261 e. The number of carbonyl (C=O) groups is 3. The van der Waals surface area contributed by atoms with Gasteiger partial charge in [0.15, 0.2) is 6.10 Å². The number of fused-ring (bicyclic) bond motifs is 1. The van der Waals surface area contributed by atoms with Gasteiger partial charge < -0.3 is 5.32 Å². The summed E-state index contributed by atoms with van der Waals surface area (Å²) >= 11 is 1.50. The molecule has 3 aliphatic rings. The number of hydrogen-bond acceptors (Lipinski definition) is 7. The third-order valence-electron chi connectivity index (χ3n) is 6.75. The van der Waals surface area contributed by atoms with Crippen LogP contribution in [0.2, 0.25) is 0 Å². The highest BCUT2D eigenvalue weighted by Gasteiger charge is 2.59. The van der Waals surface area contributed by atoms with Gasteiger partial charge in [-0.2, -0.15) is 5.06 Å². The third-order valence-corrected chi connectivity index (χ3v) is 7.69. The van der Waals surface area contributed by atoms with Crippen molar-refractivity contribution in [3.05, 3.63) is 58.3 Å². The van der Waals surface area contributed by atoms with E-state index in [0.717, 1.165) is 42.3 Å². The van der Waals surface area contributed by atoms with Gasteiger partial charge in [0, 0.05) is 37.6 Å². The highest BCUT2D eigenvalue weighted by atomic mass is 32.1. The molecule has 9 heteroatoms. The molecule has 5 rings (SSSR count). The lowest BCUT2D eigenvalue weighted by molar-refractivity contribution is -0.181. The van der Waals surface area contributed by atoms with Crippen molar-refractivity contribution in [3.63, 3.8) is 0 Å². The molecule has 0 bridgehead atoms. The normalized spacial score (nSPS) is 26.7. The first-order valence-corrected chi connectivity index (χ1v) is 12.2. The predicted molar refractivity (Wildman–Crippen MR) is 123 cm³/mol. The van der Waals surface area contributed by atoms with Gasteiger partial charge in [-0.15, -0.1) is 11.3 Å². The second-order valence-electron chi connectivity index (χ2n) is 8.93. The summed E-state index contributed by atoms with van der Waals surface area (Å²) in [5.41, 5.74) is 1.30. The average molecular weight is 469 g/mol. The number of likely N-dealkylation sites (N-methyl/N-ethyl adjacent to an activating group) is 1. The van der Waals surface area contributed by atoms with Crippen LogP contribution in [-0.4, -0.2) is 71.4 Å². The van der Waals surface area contributed by atoms with Crippen LogP contribution in [0.15, 0.2) is 47.8 Å². The predicted octanol–water partition coefficient (Wildman–Crippen LogP) is 1.80. The van der Waals surface area contributed by atoms with E-state index in [1.54, 1.807) is 0 Å². The number of piperidine rings is 1. The molecule has 174 valence electrons. The Bertz CT molecular complexity index is 1010. The molecular weight excluding hydrogens is 440 g/mol. The molecule has 2 aromatic rings. The molecule has 0 saturated carbocycles. The molecule has 0 spiro atoms. The minimum Gasteiger partial charge on any atom is -0.352 e. The number of imide groups is 1. The second-order valence-corrected chi connectivity index (χ2v) is 9.91. The lowest BCUT2D eigenvalue weighted by Gasteiger charge is -2.33. The van der Waals surface area contributed by atoms with Crippen LogP contribution < -0.4 is 5.32 Å². The average Bonchev–Trinajstić information content (AvgIpc) is 3.51. The Kier molecular flexibility index (Phi) is 6.29. The molecule has 8 nitrogen and oxygen atoms in total. The van der Waals surface area contributed by atoms with Crippen molar-refractivity contribution in [2.45, 2.75) is 37.6 Å². The highest BCUT2D eigenvalue weighted by Crippen LogP contribution is 2.45. The van der Waals surface area contributed by atoms with Crippen molar-refractivity contribution in [1.82, 2.24) is 20.2 Å². The molecule has 3 amide bonds. The first kappa shape index (κ1) is 22.2. The number of hydroxylamine groups is 2. The van der Waals surface area contributed by atoms with Crippen LogP contribution in [-0.2, 0) is 25.8 Å². The van der Waals surface area contributed by atoms with E-state index in [-0.39, 0.29) is 30.3 Å². The fraction of sp³-hybridized carbons (Fsp3) is 0.458. The summed E-state index contributed by atoms with van der Waals surface area (Å²) in [5.74, 6) is -1.36. The molecule has 3 aliphatic heterocycles. The Hall–Kier alpha value is -2.59. The van der Waals surface area contributed by atoms with Crippen molar-refractivity contribution in [1.29, 1.82) is 0 Å². The van der Waals surface area contributed by atoms with Crippen molar-refractivity contribution in [2.75, 3.05) is 26.7 Å². The minimum atomic E-state index is -0.858. The van der Waals surface area contributed by atoms with E-state index in [4.69, 9.17) is 4.84 Å². The maximum absolute atomic E-state index is 12.9. The Morgan fingerprint density at radius 1 is 1.09 bits per heavy atom. The van der Waals surface area contributed by atoms with Crippen LogP contribution in [0.25, 0.3) is 0 Å². The summed E-state index contributed by atoms with van der Waals surface area (Å²) in [4.78, 5) is 48.4. The van der Waals surface area contributed by atoms with Crippen molar-refractivity contribution in [2.24, 2.45) is 5.92 Å². The molecule has 33 heavy (non-hydrogen) atoms. The van der Waals surface area contributed by atoms with Gasteiger partial charge in [-0.3, -0.25) is 29.0 Å². The molecule has 1 N–H and O–H groups in total. The number of thiophene rings is 1. The zero-order valence-corrected chi connectivity index (χ0v) is 19.4. The van der Waals surface area contributed by atoms with Gasteiger partial charge in [0.25, 0.3) is 5.91 Å². The van der Waals surface area contributed by atoms with Gasteiger partial charge in [-0.1, -0.05) is 36.4 Å². The van der Waals surface area contributed by atoms with E-state index < -0.39 is 18.1 Å². The number of amides is 3. The molecule has 0 aliphatic carbocycles. The maximum atomic E-state index is 12.9. The van der Waals surface area contributed by atoms with Gasteiger partial charge in [0.2, 0.25) is 11.8 Å². The number of nitrogens with zero attached hydrogens (tertiary/aromatic N) is 3. The summed E-state index contributed by atoms with van der Waals surface area (Å²) in [7, 11) is 1.49. The number of hydrogen-bond donors (Lipinski definition) is 1. The van der Waals surface area contributed by atoms with Crippen LogP contribution in [0, 0.1) is 5.92 Å². The van der Waals surface area contributed by atoms with Crippen molar-refractivity contribution in [3.8, 4) is 0 Å². The summed E-state index contributed by atoms with van der Waals surface area (Å²) in [6.45, 7) is 2.77. The Balaban J connectivity index is 1.18. The van der Waals surface area contributed by atoms with Crippen LogP contribution in [0.4, 0.5) is 0 Å². The Morgan fingerprint density at radius 3 is 2.55 bits per heavy atom.